The molecule has 1 heterocycles. The van der Waals surface area contributed by atoms with Gasteiger partial charge in [-0.05, 0) is 33.2 Å². The topological polar surface area (TPSA) is 87.3 Å². The van der Waals surface area contributed by atoms with E-state index in [2.05, 4.69) is 15.4 Å². The molecule has 3 N–H and O–H groups in total. The van der Waals surface area contributed by atoms with Crippen molar-refractivity contribution in [2.75, 3.05) is 25.9 Å². The van der Waals surface area contributed by atoms with Gasteiger partial charge in [0, 0.05) is 18.6 Å². The van der Waals surface area contributed by atoms with Crippen LogP contribution in [-0.4, -0.2) is 45.8 Å². The van der Waals surface area contributed by atoms with Crippen LogP contribution in [0.3, 0.4) is 0 Å². The maximum atomic E-state index is 11.9. The number of rotatable bonds is 5. The van der Waals surface area contributed by atoms with Gasteiger partial charge >= 0.3 is 0 Å². The monoisotopic (exact) mass is 277 g/mol. The van der Waals surface area contributed by atoms with Crippen molar-refractivity contribution in [1.82, 2.24) is 15.4 Å². The highest BCUT2D eigenvalue weighted by Gasteiger charge is 2.25. The zero-order valence-electron chi connectivity index (χ0n) is 11.2. The molecule has 1 unspecified atom stereocenters. The van der Waals surface area contributed by atoms with Crippen molar-refractivity contribution in [2.24, 2.45) is 5.92 Å². The molecule has 7 heteroatoms. The molecule has 1 fully saturated rings. The molecule has 1 aliphatic rings. The minimum Gasteiger partial charge on any atom is -0.354 e. The summed E-state index contributed by atoms with van der Waals surface area (Å²) in [4.78, 5) is 11.9. The van der Waals surface area contributed by atoms with Crippen LogP contribution in [0.4, 0.5) is 0 Å². The number of sulfonamides is 1. The average molecular weight is 277 g/mol. The van der Waals surface area contributed by atoms with E-state index in [9.17, 15) is 13.2 Å². The number of hydrogen-bond acceptors (Lipinski definition) is 4. The summed E-state index contributed by atoms with van der Waals surface area (Å²) in [5.74, 6) is -0.0154. The zero-order chi connectivity index (χ0) is 13.8. The number of nitrogens with one attached hydrogen (secondary N) is 3. The van der Waals surface area contributed by atoms with Crippen LogP contribution in [0.15, 0.2) is 0 Å². The second-order valence-corrected chi connectivity index (χ2v) is 7.27. The third-order valence-corrected chi connectivity index (χ3v) is 3.76. The molecule has 0 spiro atoms. The SMILES string of the molecule is CC(C)(CNC(=O)C1CCCNC1)NS(C)(=O)=O. The van der Waals surface area contributed by atoms with Gasteiger partial charge in [0.1, 0.15) is 0 Å². The molecule has 18 heavy (non-hydrogen) atoms. The van der Waals surface area contributed by atoms with Crippen LogP contribution in [0.25, 0.3) is 0 Å². The molecule has 0 saturated carbocycles. The van der Waals surface area contributed by atoms with Gasteiger partial charge in [0.05, 0.1) is 12.2 Å². The van der Waals surface area contributed by atoms with Crippen LogP contribution in [-0.2, 0) is 14.8 Å². The van der Waals surface area contributed by atoms with Gasteiger partial charge in [-0.15, -0.1) is 0 Å². The Labute approximate surface area is 109 Å². The summed E-state index contributed by atoms with van der Waals surface area (Å²) in [6.45, 7) is 5.44. The first-order valence-electron chi connectivity index (χ1n) is 6.17. The molecule has 0 aliphatic carbocycles. The maximum Gasteiger partial charge on any atom is 0.224 e. The summed E-state index contributed by atoms with van der Waals surface area (Å²) in [7, 11) is -3.27. The highest BCUT2D eigenvalue weighted by Crippen LogP contribution is 2.10. The fraction of sp³-hybridized carbons (Fsp3) is 0.909. The van der Waals surface area contributed by atoms with E-state index in [1.54, 1.807) is 13.8 Å². The fourth-order valence-electron chi connectivity index (χ4n) is 2.07. The predicted octanol–water partition coefficient (Wildman–Crippen LogP) is -0.570. The molecule has 0 bridgehead atoms. The van der Waals surface area contributed by atoms with Gasteiger partial charge in [-0.3, -0.25) is 4.79 Å². The van der Waals surface area contributed by atoms with Crippen LogP contribution in [0, 0.1) is 5.92 Å². The average Bonchev–Trinajstić information content (AvgIpc) is 2.24. The first kappa shape index (κ1) is 15.4. The Balaban J connectivity index is 2.41. The van der Waals surface area contributed by atoms with E-state index in [0.717, 1.165) is 25.6 Å². The van der Waals surface area contributed by atoms with E-state index >= 15 is 0 Å². The third kappa shape index (κ3) is 5.79. The third-order valence-electron chi connectivity index (χ3n) is 2.83. The molecule has 0 aromatic heterocycles. The van der Waals surface area contributed by atoms with Crippen molar-refractivity contribution >= 4 is 15.9 Å². The summed E-state index contributed by atoms with van der Waals surface area (Å²) in [6, 6.07) is 0. The highest BCUT2D eigenvalue weighted by atomic mass is 32.2. The van der Waals surface area contributed by atoms with Gasteiger partial charge in [-0.2, -0.15) is 0 Å². The van der Waals surface area contributed by atoms with Crippen molar-refractivity contribution in [3.05, 3.63) is 0 Å². The second kappa shape index (κ2) is 5.99. The molecular formula is C11H23N3O3S. The van der Waals surface area contributed by atoms with Crippen LogP contribution in [0.1, 0.15) is 26.7 Å². The van der Waals surface area contributed by atoms with Gasteiger partial charge in [0.15, 0.2) is 0 Å². The van der Waals surface area contributed by atoms with Crippen LogP contribution in [0.5, 0.6) is 0 Å². The molecule has 1 atom stereocenters. The van der Waals surface area contributed by atoms with E-state index in [4.69, 9.17) is 0 Å². The minimum absolute atomic E-state index is 0.00668. The molecule has 1 rings (SSSR count). The van der Waals surface area contributed by atoms with Crippen molar-refractivity contribution in [3.63, 3.8) is 0 Å². The Morgan fingerprint density at radius 3 is 2.61 bits per heavy atom. The van der Waals surface area contributed by atoms with Crippen LogP contribution >= 0.6 is 0 Å². The number of hydrogen-bond donors (Lipinski definition) is 3. The van der Waals surface area contributed by atoms with Gasteiger partial charge in [-0.25, -0.2) is 13.1 Å². The maximum absolute atomic E-state index is 11.9. The molecule has 1 aliphatic heterocycles. The molecule has 1 saturated heterocycles. The van der Waals surface area contributed by atoms with Crippen LogP contribution < -0.4 is 15.4 Å². The predicted molar refractivity (Wildman–Crippen MR) is 70.7 cm³/mol. The van der Waals surface area contributed by atoms with E-state index in [-0.39, 0.29) is 18.4 Å². The summed E-state index contributed by atoms with van der Waals surface area (Å²) in [6.07, 6.45) is 3.00. The van der Waals surface area contributed by atoms with E-state index in [1.807, 2.05) is 0 Å². The Bertz CT molecular complexity index is 386. The fourth-order valence-corrected chi connectivity index (χ4v) is 3.14. The summed E-state index contributed by atoms with van der Waals surface area (Å²) >= 11 is 0. The normalized spacial score (nSPS) is 21.6. The lowest BCUT2D eigenvalue weighted by Gasteiger charge is -2.27. The standard InChI is InChI=1S/C11H23N3O3S/c1-11(2,14-18(3,16)17)8-13-10(15)9-5-4-6-12-7-9/h9,12,14H,4-8H2,1-3H3,(H,13,15). The van der Waals surface area contributed by atoms with Crippen molar-refractivity contribution < 1.29 is 13.2 Å². The van der Waals surface area contributed by atoms with Crippen LogP contribution in [0.2, 0.25) is 0 Å². The number of carbonyl (C=O) groups excluding carboxylic acids is 1. The summed E-state index contributed by atoms with van der Waals surface area (Å²) in [5, 5.41) is 5.99. The molecule has 106 valence electrons. The van der Waals surface area contributed by atoms with E-state index in [0.29, 0.717) is 6.54 Å². The summed E-state index contributed by atoms with van der Waals surface area (Å²) in [5.41, 5.74) is -0.675. The Kier molecular flexibility index (Phi) is 5.12. The highest BCUT2D eigenvalue weighted by molar-refractivity contribution is 7.88. The molecule has 0 aromatic rings. The van der Waals surface area contributed by atoms with Gasteiger partial charge < -0.3 is 10.6 Å². The number of piperidine rings is 1. The Morgan fingerprint density at radius 2 is 2.11 bits per heavy atom. The van der Waals surface area contributed by atoms with Gasteiger partial charge in [-0.1, -0.05) is 0 Å². The molecule has 1 amide bonds. The minimum atomic E-state index is -3.27. The van der Waals surface area contributed by atoms with Gasteiger partial charge in [0.2, 0.25) is 15.9 Å². The lowest BCUT2D eigenvalue weighted by molar-refractivity contribution is -0.125. The molecular weight excluding hydrogens is 254 g/mol. The Morgan fingerprint density at radius 1 is 1.44 bits per heavy atom. The van der Waals surface area contributed by atoms with E-state index < -0.39 is 15.6 Å². The first-order valence-corrected chi connectivity index (χ1v) is 8.06. The van der Waals surface area contributed by atoms with E-state index in [1.165, 1.54) is 0 Å². The second-order valence-electron chi connectivity index (χ2n) is 5.52. The molecule has 0 aromatic carbocycles. The first-order chi connectivity index (χ1) is 8.20. The van der Waals surface area contributed by atoms with Crippen molar-refractivity contribution in [1.29, 1.82) is 0 Å². The number of carbonyl (C=O) groups is 1. The van der Waals surface area contributed by atoms with Crippen molar-refractivity contribution in [2.45, 2.75) is 32.2 Å². The molecule has 0 radical (unpaired) electrons. The largest absolute Gasteiger partial charge is 0.354 e. The number of amides is 1. The zero-order valence-corrected chi connectivity index (χ0v) is 12.1. The van der Waals surface area contributed by atoms with Gasteiger partial charge in [0.25, 0.3) is 0 Å². The Hall–Kier alpha value is -0.660. The summed E-state index contributed by atoms with van der Waals surface area (Å²) < 4.78 is 24.8. The lowest BCUT2D eigenvalue weighted by Crippen LogP contribution is -2.52. The smallest absolute Gasteiger partial charge is 0.224 e. The quantitative estimate of drug-likeness (QED) is 0.628. The van der Waals surface area contributed by atoms with Crippen molar-refractivity contribution in [3.8, 4) is 0 Å². The molecule has 6 nitrogen and oxygen atoms in total. The lowest BCUT2D eigenvalue weighted by atomic mass is 9.98.